The van der Waals surface area contributed by atoms with E-state index in [1.54, 1.807) is 17.4 Å². The van der Waals surface area contributed by atoms with Crippen molar-refractivity contribution in [1.29, 1.82) is 0 Å². The molecule has 0 aliphatic rings. The molecule has 0 radical (unpaired) electrons. The number of thiazole rings is 1. The maximum Gasteiger partial charge on any atom is 0.120 e. The molecule has 2 aromatic rings. The number of rotatable bonds is 4. The van der Waals surface area contributed by atoms with Crippen molar-refractivity contribution < 1.29 is 5.11 Å². The molecule has 0 aliphatic heterocycles. The predicted molar refractivity (Wildman–Crippen MR) is 70.2 cm³/mol. The molecule has 0 atom stereocenters. The van der Waals surface area contributed by atoms with Gasteiger partial charge in [0, 0.05) is 29.7 Å². The van der Waals surface area contributed by atoms with Gasteiger partial charge in [-0.15, -0.1) is 11.3 Å². The largest absolute Gasteiger partial charge is 0.508 e. The Bertz CT molecular complexity index is 508. The first-order valence-corrected chi connectivity index (χ1v) is 6.43. The van der Waals surface area contributed by atoms with E-state index in [-0.39, 0.29) is 0 Å². The highest BCUT2D eigenvalue weighted by molar-refractivity contribution is 7.09. The highest BCUT2D eigenvalue weighted by Crippen LogP contribution is 2.18. The summed E-state index contributed by atoms with van der Waals surface area (Å²) >= 11 is 1.66. The molecule has 0 saturated carbocycles. The zero-order chi connectivity index (χ0) is 12.3. The van der Waals surface area contributed by atoms with Crippen LogP contribution in [0, 0.1) is 13.8 Å². The van der Waals surface area contributed by atoms with E-state index in [0.717, 1.165) is 28.4 Å². The number of nitrogens with zero attached hydrogens (tertiary/aromatic N) is 1. The van der Waals surface area contributed by atoms with Crippen molar-refractivity contribution in [2.24, 2.45) is 0 Å². The number of phenols is 1. The molecule has 3 nitrogen and oxygen atoms in total. The van der Waals surface area contributed by atoms with Gasteiger partial charge in [-0.2, -0.15) is 0 Å². The Hall–Kier alpha value is -1.39. The molecule has 0 fully saturated rings. The lowest BCUT2D eigenvalue weighted by Crippen LogP contribution is -2.12. The zero-order valence-corrected chi connectivity index (χ0v) is 10.8. The van der Waals surface area contributed by atoms with E-state index in [2.05, 4.69) is 10.3 Å². The molecular weight excluding hydrogens is 232 g/mol. The minimum Gasteiger partial charge on any atom is -0.508 e. The van der Waals surface area contributed by atoms with Gasteiger partial charge in [0.25, 0.3) is 0 Å². The molecule has 90 valence electrons. The van der Waals surface area contributed by atoms with Crippen molar-refractivity contribution in [3.05, 3.63) is 45.4 Å². The van der Waals surface area contributed by atoms with Crippen LogP contribution < -0.4 is 5.32 Å². The molecule has 2 rings (SSSR count). The normalized spacial score (nSPS) is 10.7. The minimum absolute atomic E-state index is 0.346. The Morgan fingerprint density at radius 2 is 2.12 bits per heavy atom. The number of phenolic OH excluding ortho intramolecular Hbond substituents is 1. The Labute approximate surface area is 105 Å². The van der Waals surface area contributed by atoms with Gasteiger partial charge in [-0.3, -0.25) is 0 Å². The summed E-state index contributed by atoms with van der Waals surface area (Å²) in [5.41, 5.74) is 3.15. The second-order valence-electron chi connectivity index (χ2n) is 4.12. The maximum absolute atomic E-state index is 9.68. The molecule has 1 heterocycles. The lowest BCUT2D eigenvalue weighted by Gasteiger charge is -2.06. The first-order valence-electron chi connectivity index (χ1n) is 5.55. The highest BCUT2D eigenvalue weighted by atomic mass is 32.1. The van der Waals surface area contributed by atoms with E-state index in [4.69, 9.17) is 0 Å². The van der Waals surface area contributed by atoms with Crippen LogP contribution in [0.1, 0.15) is 21.8 Å². The number of hydrogen-bond donors (Lipinski definition) is 2. The molecule has 0 unspecified atom stereocenters. The summed E-state index contributed by atoms with van der Waals surface area (Å²) in [7, 11) is 0. The quantitative estimate of drug-likeness (QED) is 0.874. The molecule has 0 bridgehead atoms. The van der Waals surface area contributed by atoms with Crippen LogP contribution >= 0.6 is 11.3 Å². The number of hydrogen-bond acceptors (Lipinski definition) is 4. The van der Waals surface area contributed by atoms with E-state index in [9.17, 15) is 5.11 Å². The fourth-order valence-electron chi connectivity index (χ4n) is 1.64. The van der Waals surface area contributed by atoms with E-state index in [1.165, 1.54) is 0 Å². The van der Waals surface area contributed by atoms with E-state index in [0.29, 0.717) is 12.3 Å². The first kappa shape index (κ1) is 12.1. The molecular formula is C13H16N2OS. The zero-order valence-electron chi connectivity index (χ0n) is 10.0. The van der Waals surface area contributed by atoms with Crippen molar-refractivity contribution >= 4 is 11.3 Å². The maximum atomic E-state index is 9.68. The fraction of sp³-hybridized carbons (Fsp3) is 0.308. The molecule has 0 aliphatic carbocycles. The molecule has 1 aromatic carbocycles. The Morgan fingerprint density at radius 3 is 2.82 bits per heavy atom. The van der Waals surface area contributed by atoms with E-state index >= 15 is 0 Å². The van der Waals surface area contributed by atoms with Crippen LogP contribution in [0.15, 0.2) is 23.6 Å². The van der Waals surface area contributed by atoms with Crippen molar-refractivity contribution in [3.8, 4) is 5.75 Å². The lowest BCUT2D eigenvalue weighted by atomic mass is 10.1. The molecule has 17 heavy (non-hydrogen) atoms. The number of benzene rings is 1. The van der Waals surface area contributed by atoms with Crippen LogP contribution in [-0.4, -0.2) is 10.1 Å². The van der Waals surface area contributed by atoms with Gasteiger partial charge < -0.3 is 10.4 Å². The predicted octanol–water partition coefficient (Wildman–Crippen LogP) is 2.76. The van der Waals surface area contributed by atoms with Gasteiger partial charge in [0.05, 0.1) is 0 Å². The molecule has 0 spiro atoms. The summed E-state index contributed by atoms with van der Waals surface area (Å²) in [5.74, 6) is 0.346. The summed E-state index contributed by atoms with van der Waals surface area (Å²) in [6, 6.07) is 5.64. The van der Waals surface area contributed by atoms with Gasteiger partial charge >= 0.3 is 0 Å². The third-order valence-corrected chi connectivity index (χ3v) is 3.46. The summed E-state index contributed by atoms with van der Waals surface area (Å²) in [4.78, 5) is 4.38. The molecule has 2 N–H and O–H groups in total. The van der Waals surface area contributed by atoms with Crippen molar-refractivity contribution in [2.45, 2.75) is 26.9 Å². The SMILES string of the molecule is Cc1ccc(O)c(CNCc2nc(C)cs2)c1. The van der Waals surface area contributed by atoms with Crippen LogP contribution in [0.2, 0.25) is 0 Å². The van der Waals surface area contributed by atoms with Gasteiger partial charge in [0.1, 0.15) is 10.8 Å². The second kappa shape index (κ2) is 5.29. The highest BCUT2D eigenvalue weighted by Gasteiger charge is 2.02. The van der Waals surface area contributed by atoms with Crippen molar-refractivity contribution in [1.82, 2.24) is 10.3 Å². The van der Waals surface area contributed by atoms with Gasteiger partial charge in [-0.05, 0) is 19.9 Å². The number of aryl methyl sites for hydroxylation is 2. The Morgan fingerprint density at radius 1 is 1.29 bits per heavy atom. The fourth-order valence-corrected chi connectivity index (χ4v) is 2.39. The number of aromatic nitrogens is 1. The van der Waals surface area contributed by atoms with Crippen LogP contribution in [0.5, 0.6) is 5.75 Å². The summed E-state index contributed by atoms with van der Waals surface area (Å²) in [6.45, 7) is 5.41. The smallest absolute Gasteiger partial charge is 0.120 e. The van der Waals surface area contributed by atoms with Crippen molar-refractivity contribution in [2.75, 3.05) is 0 Å². The second-order valence-corrected chi connectivity index (χ2v) is 5.06. The summed E-state index contributed by atoms with van der Waals surface area (Å²) < 4.78 is 0. The standard InChI is InChI=1S/C13H16N2OS/c1-9-3-4-12(16)11(5-9)6-14-7-13-15-10(2)8-17-13/h3-5,8,14,16H,6-7H2,1-2H3. The summed E-state index contributed by atoms with van der Waals surface area (Å²) in [6.07, 6.45) is 0. The molecule has 1 aromatic heterocycles. The third-order valence-electron chi connectivity index (χ3n) is 2.49. The average molecular weight is 248 g/mol. The Balaban J connectivity index is 1.91. The molecule has 0 saturated heterocycles. The van der Waals surface area contributed by atoms with Gasteiger partial charge in [-0.25, -0.2) is 4.98 Å². The van der Waals surface area contributed by atoms with Crippen molar-refractivity contribution in [3.63, 3.8) is 0 Å². The molecule has 4 heteroatoms. The lowest BCUT2D eigenvalue weighted by molar-refractivity contribution is 0.464. The van der Waals surface area contributed by atoms with Gasteiger partial charge in [0.15, 0.2) is 0 Å². The number of nitrogens with one attached hydrogen (secondary N) is 1. The van der Waals surface area contributed by atoms with Crippen LogP contribution in [0.4, 0.5) is 0 Å². The van der Waals surface area contributed by atoms with Crippen LogP contribution in [0.25, 0.3) is 0 Å². The van der Waals surface area contributed by atoms with Gasteiger partial charge in [-0.1, -0.05) is 17.7 Å². The Kier molecular flexibility index (Phi) is 3.76. The first-order chi connectivity index (χ1) is 8.15. The van der Waals surface area contributed by atoms with E-state index < -0.39 is 0 Å². The average Bonchev–Trinajstić information content (AvgIpc) is 2.69. The van der Waals surface area contributed by atoms with Crippen LogP contribution in [0.3, 0.4) is 0 Å². The topological polar surface area (TPSA) is 45.1 Å². The third kappa shape index (κ3) is 3.28. The van der Waals surface area contributed by atoms with Gasteiger partial charge in [0.2, 0.25) is 0 Å². The number of aromatic hydroxyl groups is 1. The summed E-state index contributed by atoms with van der Waals surface area (Å²) in [5, 5.41) is 16.1. The molecule has 0 amide bonds. The minimum atomic E-state index is 0.346. The van der Waals surface area contributed by atoms with Crippen LogP contribution in [-0.2, 0) is 13.1 Å². The monoisotopic (exact) mass is 248 g/mol. The van der Waals surface area contributed by atoms with E-state index in [1.807, 2.05) is 31.4 Å².